The highest BCUT2D eigenvalue weighted by Crippen LogP contribution is 2.29. The van der Waals surface area contributed by atoms with Crippen molar-refractivity contribution in [3.8, 4) is 0 Å². The Kier molecular flexibility index (Phi) is 6.87. The molecule has 1 amide bonds. The number of ether oxygens (including phenoxy) is 1. The molecule has 1 saturated heterocycles. The topological polar surface area (TPSA) is 75.7 Å². The van der Waals surface area contributed by atoms with Crippen molar-refractivity contribution in [2.45, 2.75) is 38.7 Å². The van der Waals surface area contributed by atoms with Crippen LogP contribution < -0.4 is 5.32 Å². The zero-order valence-electron chi connectivity index (χ0n) is 15.1. The Morgan fingerprint density at radius 1 is 1.26 bits per heavy atom. The second kappa shape index (κ2) is 8.57. The molecule has 0 spiro atoms. The van der Waals surface area contributed by atoms with Crippen molar-refractivity contribution in [1.29, 1.82) is 0 Å². The minimum Gasteiger partial charge on any atom is -0.373 e. The van der Waals surface area contributed by atoms with Gasteiger partial charge in [-0.2, -0.15) is 17.5 Å². The van der Waals surface area contributed by atoms with Gasteiger partial charge >= 0.3 is 6.18 Å². The molecule has 1 aliphatic heterocycles. The fourth-order valence-corrected chi connectivity index (χ4v) is 4.40. The second-order valence-corrected chi connectivity index (χ2v) is 8.70. The van der Waals surface area contributed by atoms with Crippen molar-refractivity contribution >= 4 is 15.9 Å². The van der Waals surface area contributed by atoms with Crippen molar-refractivity contribution in [3.05, 3.63) is 35.4 Å². The zero-order chi connectivity index (χ0) is 20.2. The molecule has 0 saturated carbocycles. The average molecular weight is 408 g/mol. The lowest BCUT2D eigenvalue weighted by atomic mass is 10.1. The summed E-state index contributed by atoms with van der Waals surface area (Å²) in [5.74, 6) is -0.811. The molecule has 2 atom stereocenters. The first-order valence-corrected chi connectivity index (χ1v) is 10.1. The minimum atomic E-state index is -4.48. The van der Waals surface area contributed by atoms with Crippen LogP contribution in [0.25, 0.3) is 0 Å². The van der Waals surface area contributed by atoms with Crippen LogP contribution in [-0.2, 0) is 32.2 Å². The van der Waals surface area contributed by atoms with Crippen LogP contribution in [0.3, 0.4) is 0 Å². The molecule has 0 bridgehead atoms. The first kappa shape index (κ1) is 21.6. The van der Waals surface area contributed by atoms with Crippen molar-refractivity contribution in [2.24, 2.45) is 0 Å². The molecule has 1 aromatic carbocycles. The van der Waals surface area contributed by atoms with Gasteiger partial charge in [-0.1, -0.05) is 18.2 Å². The molecule has 1 fully saturated rings. The first-order valence-electron chi connectivity index (χ1n) is 8.53. The van der Waals surface area contributed by atoms with Gasteiger partial charge in [-0.25, -0.2) is 8.42 Å². The number of sulfonamides is 1. The number of morpholine rings is 1. The summed E-state index contributed by atoms with van der Waals surface area (Å²) in [5, 5.41) is 2.45. The van der Waals surface area contributed by atoms with Gasteiger partial charge in [0, 0.05) is 19.6 Å². The molecule has 0 aliphatic carbocycles. The van der Waals surface area contributed by atoms with E-state index in [4.69, 9.17) is 4.74 Å². The van der Waals surface area contributed by atoms with E-state index >= 15 is 0 Å². The number of nitrogens with one attached hydrogen (secondary N) is 1. The van der Waals surface area contributed by atoms with Crippen LogP contribution in [0.2, 0.25) is 0 Å². The van der Waals surface area contributed by atoms with Crippen LogP contribution in [0.4, 0.5) is 13.2 Å². The van der Waals surface area contributed by atoms with Gasteiger partial charge in [0.1, 0.15) is 0 Å². The molecule has 152 valence electrons. The quantitative estimate of drug-likeness (QED) is 0.779. The fourth-order valence-electron chi connectivity index (χ4n) is 2.91. The third-order valence-corrected chi connectivity index (χ3v) is 5.89. The Bertz CT molecular complexity index is 758. The van der Waals surface area contributed by atoms with E-state index in [1.807, 2.05) is 0 Å². The number of nitrogens with zero attached hydrogens (tertiary/aromatic N) is 1. The SMILES string of the molecule is CC1CN(S(=O)(=O)CCNC(=O)Cc2cccc(C(F)(F)F)c2)CC(C)O1. The molecule has 1 N–H and O–H groups in total. The molecule has 0 radical (unpaired) electrons. The highest BCUT2D eigenvalue weighted by atomic mass is 32.2. The number of carbonyl (C=O) groups is 1. The first-order chi connectivity index (χ1) is 12.5. The Hall–Kier alpha value is -1.65. The van der Waals surface area contributed by atoms with Crippen LogP contribution in [0.1, 0.15) is 25.0 Å². The van der Waals surface area contributed by atoms with E-state index in [0.29, 0.717) is 0 Å². The van der Waals surface area contributed by atoms with Gasteiger partial charge in [0.2, 0.25) is 15.9 Å². The predicted octanol–water partition coefficient (Wildman–Crippen LogP) is 1.80. The van der Waals surface area contributed by atoms with Crippen molar-refractivity contribution < 1.29 is 31.1 Å². The molecule has 2 unspecified atom stereocenters. The third kappa shape index (κ3) is 6.47. The molecule has 0 aromatic heterocycles. The van der Waals surface area contributed by atoms with Gasteiger partial charge < -0.3 is 10.1 Å². The van der Waals surface area contributed by atoms with Crippen molar-refractivity contribution in [1.82, 2.24) is 9.62 Å². The minimum absolute atomic E-state index is 0.111. The summed E-state index contributed by atoms with van der Waals surface area (Å²) in [6.07, 6.45) is -5.15. The van der Waals surface area contributed by atoms with Crippen LogP contribution in [0.15, 0.2) is 24.3 Å². The largest absolute Gasteiger partial charge is 0.416 e. The fraction of sp³-hybridized carbons (Fsp3) is 0.588. The lowest BCUT2D eigenvalue weighted by Gasteiger charge is -2.34. The van der Waals surface area contributed by atoms with E-state index in [1.165, 1.54) is 16.4 Å². The van der Waals surface area contributed by atoms with E-state index in [9.17, 15) is 26.4 Å². The number of benzene rings is 1. The Balaban J connectivity index is 1.85. The Morgan fingerprint density at radius 2 is 1.89 bits per heavy atom. The van der Waals surface area contributed by atoms with Gasteiger partial charge in [0.25, 0.3) is 0 Å². The maximum absolute atomic E-state index is 12.7. The predicted molar refractivity (Wildman–Crippen MR) is 93.5 cm³/mol. The van der Waals surface area contributed by atoms with Crippen LogP contribution >= 0.6 is 0 Å². The summed E-state index contributed by atoms with van der Waals surface area (Å²) in [5.41, 5.74) is -0.619. The van der Waals surface area contributed by atoms with E-state index < -0.39 is 27.7 Å². The summed E-state index contributed by atoms with van der Waals surface area (Å²) in [6, 6.07) is 4.49. The number of amides is 1. The molecule has 27 heavy (non-hydrogen) atoms. The summed E-state index contributed by atoms with van der Waals surface area (Å²) in [4.78, 5) is 11.9. The third-order valence-electron chi connectivity index (χ3n) is 4.08. The molecule has 2 rings (SSSR count). The summed E-state index contributed by atoms with van der Waals surface area (Å²) < 4.78 is 69.6. The van der Waals surface area contributed by atoms with E-state index in [2.05, 4.69) is 5.32 Å². The van der Waals surface area contributed by atoms with Crippen LogP contribution in [-0.4, -0.2) is 56.2 Å². The van der Waals surface area contributed by atoms with E-state index in [-0.39, 0.29) is 49.6 Å². The zero-order valence-corrected chi connectivity index (χ0v) is 15.9. The lowest BCUT2D eigenvalue weighted by Crippen LogP contribution is -2.49. The molecular formula is C17H23F3N2O4S. The maximum Gasteiger partial charge on any atom is 0.416 e. The van der Waals surface area contributed by atoms with Gasteiger partial charge in [-0.3, -0.25) is 4.79 Å². The molecule has 1 heterocycles. The number of hydrogen-bond acceptors (Lipinski definition) is 4. The van der Waals surface area contributed by atoms with E-state index in [0.717, 1.165) is 12.1 Å². The van der Waals surface area contributed by atoms with Crippen molar-refractivity contribution in [3.63, 3.8) is 0 Å². The van der Waals surface area contributed by atoms with E-state index in [1.54, 1.807) is 13.8 Å². The molecular weight excluding hydrogens is 385 g/mol. The smallest absolute Gasteiger partial charge is 0.373 e. The van der Waals surface area contributed by atoms with Gasteiger partial charge in [-0.15, -0.1) is 0 Å². The molecule has 6 nitrogen and oxygen atoms in total. The molecule has 1 aromatic rings. The van der Waals surface area contributed by atoms with Crippen molar-refractivity contribution in [2.75, 3.05) is 25.4 Å². The van der Waals surface area contributed by atoms with Crippen LogP contribution in [0, 0.1) is 0 Å². The summed E-state index contributed by atoms with van der Waals surface area (Å²) in [6.45, 7) is 3.97. The number of carbonyl (C=O) groups excluding carboxylic acids is 1. The average Bonchev–Trinajstić information content (AvgIpc) is 2.53. The number of halogens is 3. The number of hydrogen-bond donors (Lipinski definition) is 1. The van der Waals surface area contributed by atoms with Gasteiger partial charge in [0.15, 0.2) is 0 Å². The maximum atomic E-state index is 12.7. The monoisotopic (exact) mass is 408 g/mol. The normalized spacial score (nSPS) is 21.8. The number of rotatable bonds is 6. The molecule has 1 aliphatic rings. The highest BCUT2D eigenvalue weighted by molar-refractivity contribution is 7.89. The van der Waals surface area contributed by atoms with Crippen LogP contribution in [0.5, 0.6) is 0 Å². The van der Waals surface area contributed by atoms with Gasteiger partial charge in [-0.05, 0) is 25.5 Å². The Morgan fingerprint density at radius 3 is 2.48 bits per heavy atom. The summed E-state index contributed by atoms with van der Waals surface area (Å²) in [7, 11) is -3.55. The lowest BCUT2D eigenvalue weighted by molar-refractivity contribution is -0.137. The highest BCUT2D eigenvalue weighted by Gasteiger charge is 2.31. The standard InChI is InChI=1S/C17H23F3N2O4S/c1-12-10-22(11-13(2)26-12)27(24,25)7-6-21-16(23)9-14-4-3-5-15(8-14)17(18,19)20/h3-5,8,12-13H,6-7,9-11H2,1-2H3,(H,21,23). The Labute approximate surface area is 156 Å². The second-order valence-electron chi connectivity index (χ2n) is 6.62. The summed E-state index contributed by atoms with van der Waals surface area (Å²) >= 11 is 0. The number of alkyl halides is 3. The van der Waals surface area contributed by atoms with Gasteiger partial charge in [0.05, 0.1) is 29.9 Å². The molecule has 10 heteroatoms.